The highest BCUT2D eigenvalue weighted by molar-refractivity contribution is 5.91. The molecule has 0 bridgehead atoms. The smallest absolute Gasteiger partial charge is 0.0143 e. The van der Waals surface area contributed by atoms with Crippen LogP contribution >= 0.6 is 0 Å². The minimum atomic E-state index is 0.133. The van der Waals surface area contributed by atoms with Crippen LogP contribution in [0.5, 0.6) is 0 Å². The van der Waals surface area contributed by atoms with Crippen molar-refractivity contribution >= 4 is 16.7 Å². The van der Waals surface area contributed by atoms with Gasteiger partial charge in [0, 0.05) is 23.7 Å². The third kappa shape index (κ3) is 5.81. The van der Waals surface area contributed by atoms with Crippen LogP contribution < -0.4 is 10.4 Å². The molecule has 0 spiro atoms. The molecule has 0 fully saturated rings. The molecule has 6 aromatic rings. The van der Waals surface area contributed by atoms with Crippen molar-refractivity contribution in [2.75, 3.05) is 0 Å². The van der Waals surface area contributed by atoms with Crippen LogP contribution in [0, 0.1) is 23.7 Å². The molecule has 0 nitrogen and oxygen atoms in total. The molecule has 4 aliphatic rings. The maximum Gasteiger partial charge on any atom is 0.0143 e. The molecular formula is C54H40. The lowest BCUT2D eigenvalue weighted by Crippen LogP contribution is -2.41. The monoisotopic (exact) mass is 688 g/mol. The van der Waals surface area contributed by atoms with E-state index < -0.39 is 0 Å². The molecule has 0 aromatic heterocycles. The Hall–Kier alpha value is -6.50. The molecule has 0 saturated heterocycles. The first kappa shape index (κ1) is 32.2. The number of benzene rings is 6. The average Bonchev–Trinajstić information content (AvgIpc) is 3.26. The highest BCUT2D eigenvalue weighted by Gasteiger charge is 2.35. The standard InChI is InChI=1S/C54H40/c1-4-14-37(15-5-1)41-24-27-42(28-25-41)47-22-12-13-23-48(47)54-50-33-31-44(38-16-6-2-7-17-38)35-51(50)53(46-29-26-40-20-10-11-21-43(40)34-46)49-32-30-45(36-52(49)54)39-18-8-3-9-19-39/h1-36,40,43,49,52H. The third-order valence-corrected chi connectivity index (χ3v) is 11.6. The van der Waals surface area contributed by atoms with Crippen LogP contribution in [0.4, 0.5) is 0 Å². The lowest BCUT2D eigenvalue weighted by molar-refractivity contribution is 0.649. The van der Waals surface area contributed by atoms with E-state index in [1.807, 2.05) is 0 Å². The van der Waals surface area contributed by atoms with Crippen LogP contribution in [0.3, 0.4) is 0 Å². The Morgan fingerprint density at radius 2 is 0.870 bits per heavy atom. The van der Waals surface area contributed by atoms with Gasteiger partial charge in [-0.1, -0.05) is 212 Å². The molecular weight excluding hydrogens is 649 g/mol. The van der Waals surface area contributed by atoms with Gasteiger partial charge in [-0.05, 0) is 83.3 Å². The van der Waals surface area contributed by atoms with Crippen molar-refractivity contribution in [3.05, 3.63) is 246 Å². The Balaban J connectivity index is 1.25. The molecule has 0 radical (unpaired) electrons. The topological polar surface area (TPSA) is 0 Å². The first-order valence-electron chi connectivity index (χ1n) is 19.2. The number of hydrogen-bond acceptors (Lipinski definition) is 0. The van der Waals surface area contributed by atoms with E-state index in [1.165, 1.54) is 77.2 Å². The lowest BCUT2D eigenvalue weighted by Gasteiger charge is -2.36. The quantitative estimate of drug-likeness (QED) is 0.163. The maximum absolute atomic E-state index is 2.55. The molecule has 0 amide bonds. The van der Waals surface area contributed by atoms with E-state index >= 15 is 0 Å². The molecule has 0 heteroatoms. The Kier molecular flexibility index (Phi) is 8.23. The van der Waals surface area contributed by atoms with Crippen molar-refractivity contribution in [1.29, 1.82) is 0 Å². The van der Waals surface area contributed by atoms with Gasteiger partial charge in [-0.2, -0.15) is 0 Å². The fraction of sp³-hybridized carbons (Fsp3) is 0.0741. The first-order chi connectivity index (χ1) is 26.8. The highest BCUT2D eigenvalue weighted by Crippen LogP contribution is 2.46. The molecule has 0 heterocycles. The predicted octanol–water partition coefficient (Wildman–Crippen LogP) is 11.8. The summed E-state index contributed by atoms with van der Waals surface area (Å²) in [7, 11) is 0. The fourth-order valence-corrected chi connectivity index (χ4v) is 8.99. The van der Waals surface area contributed by atoms with Gasteiger partial charge in [0.15, 0.2) is 0 Å². The van der Waals surface area contributed by atoms with Gasteiger partial charge in [0.25, 0.3) is 0 Å². The zero-order valence-corrected chi connectivity index (χ0v) is 30.1. The number of allylic oxidation sites excluding steroid dienone is 12. The molecule has 4 aliphatic carbocycles. The summed E-state index contributed by atoms with van der Waals surface area (Å²) in [5.74, 6) is 1.06. The molecule has 256 valence electrons. The van der Waals surface area contributed by atoms with Crippen LogP contribution in [-0.2, 0) is 0 Å². The Morgan fingerprint density at radius 3 is 1.59 bits per heavy atom. The van der Waals surface area contributed by atoms with Crippen LogP contribution in [0.15, 0.2) is 224 Å². The van der Waals surface area contributed by atoms with Gasteiger partial charge < -0.3 is 0 Å². The van der Waals surface area contributed by atoms with Gasteiger partial charge in [-0.25, -0.2) is 0 Å². The summed E-state index contributed by atoms with van der Waals surface area (Å²) < 4.78 is 0. The van der Waals surface area contributed by atoms with Gasteiger partial charge in [-0.15, -0.1) is 0 Å². The van der Waals surface area contributed by atoms with Crippen LogP contribution in [0.2, 0.25) is 0 Å². The van der Waals surface area contributed by atoms with Crippen molar-refractivity contribution in [2.24, 2.45) is 23.7 Å². The summed E-state index contributed by atoms with van der Waals surface area (Å²) in [6.45, 7) is 0. The minimum Gasteiger partial charge on any atom is -0.0767 e. The van der Waals surface area contributed by atoms with Crippen LogP contribution in [0.25, 0.3) is 50.1 Å². The summed E-state index contributed by atoms with van der Waals surface area (Å²) in [5, 5.41) is 2.64. The largest absolute Gasteiger partial charge is 0.0767 e. The zero-order valence-electron chi connectivity index (χ0n) is 30.1. The fourth-order valence-electron chi connectivity index (χ4n) is 8.99. The highest BCUT2D eigenvalue weighted by atomic mass is 14.4. The maximum atomic E-state index is 2.55. The van der Waals surface area contributed by atoms with E-state index in [-0.39, 0.29) is 11.8 Å². The van der Waals surface area contributed by atoms with E-state index in [9.17, 15) is 0 Å². The summed E-state index contributed by atoms with van der Waals surface area (Å²) >= 11 is 0. The average molecular weight is 689 g/mol. The molecule has 0 N–H and O–H groups in total. The molecule has 0 aliphatic heterocycles. The van der Waals surface area contributed by atoms with E-state index in [1.54, 1.807) is 0 Å². The van der Waals surface area contributed by atoms with Crippen molar-refractivity contribution in [3.63, 3.8) is 0 Å². The van der Waals surface area contributed by atoms with Crippen LogP contribution in [0.1, 0.15) is 11.1 Å². The minimum absolute atomic E-state index is 0.133. The normalized spacial score (nSPS) is 20.8. The van der Waals surface area contributed by atoms with Gasteiger partial charge in [0.2, 0.25) is 0 Å². The second-order valence-corrected chi connectivity index (χ2v) is 14.7. The van der Waals surface area contributed by atoms with Crippen molar-refractivity contribution in [2.45, 2.75) is 0 Å². The predicted molar refractivity (Wildman–Crippen MR) is 227 cm³/mol. The summed E-state index contributed by atoms with van der Waals surface area (Å²) in [6, 6.07) is 57.8. The molecule has 6 aromatic carbocycles. The Bertz CT molecular complexity index is 2680. The van der Waals surface area contributed by atoms with Gasteiger partial charge >= 0.3 is 0 Å². The van der Waals surface area contributed by atoms with E-state index in [4.69, 9.17) is 0 Å². The molecule has 4 atom stereocenters. The molecule has 4 unspecified atom stereocenters. The van der Waals surface area contributed by atoms with Crippen molar-refractivity contribution in [3.8, 4) is 33.4 Å². The van der Waals surface area contributed by atoms with Gasteiger partial charge in [-0.3, -0.25) is 0 Å². The van der Waals surface area contributed by atoms with E-state index in [0.717, 1.165) is 0 Å². The van der Waals surface area contributed by atoms with E-state index in [2.05, 4.69) is 218 Å². The Labute approximate surface area is 318 Å². The van der Waals surface area contributed by atoms with Gasteiger partial charge in [0.05, 0.1) is 0 Å². The van der Waals surface area contributed by atoms with Crippen molar-refractivity contribution < 1.29 is 0 Å². The first-order valence-corrected chi connectivity index (χ1v) is 19.2. The number of fused-ring (bicyclic) bond motifs is 3. The third-order valence-electron chi connectivity index (χ3n) is 11.6. The molecule has 10 rings (SSSR count). The lowest BCUT2D eigenvalue weighted by atomic mass is 9.66. The second-order valence-electron chi connectivity index (χ2n) is 14.7. The second kappa shape index (κ2) is 13.8. The zero-order chi connectivity index (χ0) is 35.8. The SMILES string of the molecule is C1=CC2C=CC(C3=c4cc(-c5ccccc5)ccc4=C(c4ccccc4-c4ccc(-c5ccccc5)cc4)C4C=C(c5ccccc5)C=CC34)=CC2C=C1. The number of hydrogen-bond donors (Lipinski definition) is 0. The van der Waals surface area contributed by atoms with E-state index in [0.29, 0.717) is 11.8 Å². The number of rotatable bonds is 6. The molecule has 0 saturated carbocycles. The van der Waals surface area contributed by atoms with Gasteiger partial charge in [0.1, 0.15) is 0 Å². The summed E-state index contributed by atoms with van der Waals surface area (Å²) in [5.41, 5.74) is 15.4. The molecule has 54 heavy (non-hydrogen) atoms. The van der Waals surface area contributed by atoms with Crippen molar-refractivity contribution in [1.82, 2.24) is 0 Å². The summed E-state index contributed by atoms with van der Waals surface area (Å²) in [4.78, 5) is 0. The Morgan fingerprint density at radius 1 is 0.315 bits per heavy atom. The van der Waals surface area contributed by atoms with Crippen LogP contribution in [-0.4, -0.2) is 0 Å². The summed E-state index contributed by atoms with van der Waals surface area (Å²) in [6.07, 6.45) is 23.8.